The third-order valence-corrected chi connectivity index (χ3v) is 5.38. The number of aromatic carboxylic acids is 1. The van der Waals surface area contributed by atoms with Crippen molar-refractivity contribution in [1.29, 1.82) is 0 Å². The molecule has 0 aliphatic heterocycles. The lowest BCUT2D eigenvalue weighted by molar-refractivity contribution is 0.0600. The van der Waals surface area contributed by atoms with Crippen LogP contribution in [0.1, 0.15) is 31.8 Å². The van der Waals surface area contributed by atoms with Crippen molar-refractivity contribution in [3.05, 3.63) is 70.1 Å². The quantitative estimate of drug-likeness (QED) is 0.646. The third-order valence-electron chi connectivity index (χ3n) is 4.50. The first-order valence-corrected chi connectivity index (χ1v) is 8.93. The molecule has 0 saturated heterocycles. The molecule has 0 spiro atoms. The van der Waals surface area contributed by atoms with Gasteiger partial charge in [0.05, 0.1) is 18.2 Å². The molecule has 1 aromatic heterocycles. The molecule has 132 valence electrons. The van der Waals surface area contributed by atoms with Gasteiger partial charge in [0.15, 0.2) is 0 Å². The molecule has 3 aromatic rings. The van der Waals surface area contributed by atoms with E-state index in [9.17, 15) is 14.7 Å². The van der Waals surface area contributed by atoms with Crippen LogP contribution in [0.25, 0.3) is 21.6 Å². The van der Waals surface area contributed by atoms with Crippen LogP contribution in [-0.2, 0) is 4.74 Å². The second kappa shape index (κ2) is 7.14. The van der Waals surface area contributed by atoms with E-state index in [0.717, 1.165) is 21.6 Å². The first-order chi connectivity index (χ1) is 12.5. The molecule has 0 aliphatic carbocycles. The Bertz CT molecular complexity index is 973. The number of esters is 1. The second-order valence-corrected chi connectivity index (χ2v) is 6.84. The van der Waals surface area contributed by atoms with Crippen molar-refractivity contribution < 1.29 is 19.4 Å². The molecule has 26 heavy (non-hydrogen) atoms. The van der Waals surface area contributed by atoms with Crippen LogP contribution in [0.5, 0.6) is 0 Å². The van der Waals surface area contributed by atoms with Crippen LogP contribution in [-0.4, -0.2) is 24.2 Å². The summed E-state index contributed by atoms with van der Waals surface area (Å²) in [7, 11) is 1.31. The molecule has 5 heteroatoms. The van der Waals surface area contributed by atoms with Gasteiger partial charge in [0.1, 0.15) is 0 Å². The number of carboxylic acid groups (broad SMARTS) is 1. The van der Waals surface area contributed by atoms with Gasteiger partial charge in [-0.3, -0.25) is 0 Å². The number of methoxy groups -OCH3 is 1. The van der Waals surface area contributed by atoms with E-state index in [-0.39, 0.29) is 5.56 Å². The highest BCUT2D eigenvalue weighted by Crippen LogP contribution is 2.42. The highest BCUT2D eigenvalue weighted by Gasteiger charge is 2.29. The zero-order valence-corrected chi connectivity index (χ0v) is 15.5. The average Bonchev–Trinajstić information content (AvgIpc) is 3.17. The van der Waals surface area contributed by atoms with Crippen LogP contribution in [0.3, 0.4) is 0 Å². The Morgan fingerprint density at radius 3 is 2.15 bits per heavy atom. The molecule has 0 atom stereocenters. The topological polar surface area (TPSA) is 63.6 Å². The van der Waals surface area contributed by atoms with Gasteiger partial charge in [-0.1, -0.05) is 36.4 Å². The second-order valence-electron chi connectivity index (χ2n) is 5.89. The molecule has 0 radical (unpaired) electrons. The van der Waals surface area contributed by atoms with Gasteiger partial charge in [-0.05, 0) is 42.0 Å². The maximum absolute atomic E-state index is 12.5. The predicted molar refractivity (Wildman–Crippen MR) is 103 cm³/mol. The van der Waals surface area contributed by atoms with E-state index in [0.29, 0.717) is 16.7 Å². The van der Waals surface area contributed by atoms with Crippen LogP contribution < -0.4 is 0 Å². The van der Waals surface area contributed by atoms with Gasteiger partial charge in [0.25, 0.3) is 0 Å². The lowest BCUT2D eigenvalue weighted by Crippen LogP contribution is -2.14. The van der Waals surface area contributed by atoms with Crippen LogP contribution in [0.4, 0.5) is 0 Å². The van der Waals surface area contributed by atoms with Crippen molar-refractivity contribution >= 4 is 23.3 Å². The van der Waals surface area contributed by atoms with Crippen LogP contribution in [0.15, 0.2) is 47.8 Å². The summed E-state index contributed by atoms with van der Waals surface area (Å²) >= 11 is 1.40. The Labute approximate surface area is 155 Å². The monoisotopic (exact) mass is 366 g/mol. The van der Waals surface area contributed by atoms with Gasteiger partial charge in [-0.2, -0.15) is 0 Å². The fourth-order valence-corrected chi connectivity index (χ4v) is 3.99. The summed E-state index contributed by atoms with van der Waals surface area (Å²) in [6.07, 6.45) is 0. The van der Waals surface area contributed by atoms with Gasteiger partial charge in [0, 0.05) is 16.0 Å². The molecular weight excluding hydrogens is 348 g/mol. The van der Waals surface area contributed by atoms with Crippen molar-refractivity contribution in [1.82, 2.24) is 0 Å². The van der Waals surface area contributed by atoms with Crippen molar-refractivity contribution in [3.8, 4) is 21.6 Å². The predicted octanol–water partition coefficient (Wildman–Crippen LogP) is 5.18. The van der Waals surface area contributed by atoms with Gasteiger partial charge in [-0.15, -0.1) is 11.3 Å². The van der Waals surface area contributed by atoms with E-state index in [1.54, 1.807) is 0 Å². The fourth-order valence-electron chi connectivity index (χ4n) is 3.20. The number of carbonyl (C=O) groups excluding carboxylic acids is 1. The lowest BCUT2D eigenvalue weighted by Gasteiger charge is -2.21. The summed E-state index contributed by atoms with van der Waals surface area (Å²) in [5, 5.41) is 11.9. The third kappa shape index (κ3) is 2.91. The minimum atomic E-state index is -1.07. The number of hydrogen-bond acceptors (Lipinski definition) is 4. The first-order valence-electron chi connectivity index (χ1n) is 8.05. The molecule has 0 fully saturated rings. The van der Waals surface area contributed by atoms with E-state index in [4.69, 9.17) is 4.74 Å². The number of benzene rings is 2. The summed E-state index contributed by atoms with van der Waals surface area (Å²) < 4.78 is 4.96. The highest BCUT2D eigenvalue weighted by atomic mass is 32.1. The minimum Gasteiger partial charge on any atom is -0.478 e. The van der Waals surface area contributed by atoms with E-state index < -0.39 is 11.9 Å². The van der Waals surface area contributed by atoms with E-state index in [1.165, 1.54) is 18.4 Å². The molecule has 0 saturated carbocycles. The molecule has 2 aromatic carbocycles. The van der Waals surface area contributed by atoms with E-state index in [2.05, 4.69) is 0 Å². The Morgan fingerprint density at radius 2 is 1.62 bits per heavy atom. The highest BCUT2D eigenvalue weighted by molar-refractivity contribution is 7.13. The number of thiophene rings is 1. The number of rotatable bonds is 4. The molecule has 3 rings (SSSR count). The van der Waals surface area contributed by atoms with Crippen molar-refractivity contribution in [2.45, 2.75) is 13.8 Å². The number of carboxylic acids is 1. The van der Waals surface area contributed by atoms with Gasteiger partial charge in [0.2, 0.25) is 0 Å². The van der Waals surface area contributed by atoms with E-state index in [1.807, 2.05) is 61.7 Å². The fraction of sp³-hybridized carbons (Fsp3) is 0.143. The zero-order chi connectivity index (χ0) is 18.8. The van der Waals surface area contributed by atoms with Gasteiger partial charge < -0.3 is 9.84 Å². The van der Waals surface area contributed by atoms with Gasteiger partial charge in [-0.25, -0.2) is 9.59 Å². The molecule has 0 amide bonds. The Balaban J connectivity index is 2.53. The largest absolute Gasteiger partial charge is 0.478 e. The standard InChI is InChI=1S/C21H18O4S/c1-12-13(2)17(21(24)25-3)18(15-10-7-11-26-15)19(20(22)23)16(12)14-8-5-4-6-9-14/h4-11H,1-3H3,(H,22,23). The maximum Gasteiger partial charge on any atom is 0.338 e. The van der Waals surface area contributed by atoms with Crippen molar-refractivity contribution in [2.75, 3.05) is 7.11 Å². The summed E-state index contributed by atoms with van der Waals surface area (Å²) in [6.45, 7) is 3.67. The van der Waals surface area contributed by atoms with Crippen LogP contribution in [0.2, 0.25) is 0 Å². The number of ether oxygens (including phenoxy) is 1. The number of carbonyl (C=O) groups is 2. The Morgan fingerprint density at radius 1 is 0.923 bits per heavy atom. The number of hydrogen-bond donors (Lipinski definition) is 1. The molecule has 1 N–H and O–H groups in total. The molecular formula is C21H18O4S. The Kier molecular flexibility index (Phi) is 4.91. The van der Waals surface area contributed by atoms with Crippen molar-refractivity contribution in [3.63, 3.8) is 0 Å². The molecule has 0 aliphatic rings. The maximum atomic E-state index is 12.5. The smallest absolute Gasteiger partial charge is 0.338 e. The molecule has 4 nitrogen and oxygen atoms in total. The zero-order valence-electron chi connectivity index (χ0n) is 14.7. The van der Waals surface area contributed by atoms with E-state index >= 15 is 0 Å². The summed E-state index contributed by atoms with van der Waals surface area (Å²) in [5.74, 6) is -1.60. The lowest BCUT2D eigenvalue weighted by atomic mass is 9.84. The SMILES string of the molecule is COC(=O)c1c(C)c(C)c(-c2ccccc2)c(C(=O)O)c1-c1cccs1. The van der Waals surface area contributed by atoms with Crippen molar-refractivity contribution in [2.24, 2.45) is 0 Å². The Hall–Kier alpha value is -2.92. The molecule has 0 unspecified atom stereocenters. The normalized spacial score (nSPS) is 10.6. The minimum absolute atomic E-state index is 0.127. The average molecular weight is 366 g/mol. The summed E-state index contributed by atoms with van der Waals surface area (Å²) in [5.41, 5.74) is 3.78. The first kappa shape index (κ1) is 17.9. The van der Waals surface area contributed by atoms with Crippen LogP contribution in [0, 0.1) is 13.8 Å². The molecule has 1 heterocycles. The summed E-state index contributed by atoms with van der Waals surface area (Å²) in [4.78, 5) is 25.5. The molecule has 0 bridgehead atoms. The van der Waals surface area contributed by atoms with Crippen LogP contribution >= 0.6 is 11.3 Å². The summed E-state index contributed by atoms with van der Waals surface area (Å²) in [6, 6.07) is 13.0. The van der Waals surface area contributed by atoms with Gasteiger partial charge >= 0.3 is 11.9 Å².